The van der Waals surface area contributed by atoms with Crippen LogP contribution >= 0.6 is 23.2 Å². The summed E-state index contributed by atoms with van der Waals surface area (Å²) in [5.41, 5.74) is 1.43. The van der Waals surface area contributed by atoms with Crippen molar-refractivity contribution in [3.8, 4) is 0 Å². The Morgan fingerprint density at radius 3 is 2.39 bits per heavy atom. The van der Waals surface area contributed by atoms with Crippen molar-refractivity contribution in [3.63, 3.8) is 0 Å². The van der Waals surface area contributed by atoms with E-state index in [1.54, 1.807) is 29.9 Å². The molecule has 6 nitrogen and oxygen atoms in total. The number of benzene rings is 1. The van der Waals surface area contributed by atoms with E-state index in [0.29, 0.717) is 27.3 Å². The molecule has 0 aliphatic heterocycles. The monoisotopic (exact) mass is 422 g/mol. The normalized spacial score (nSPS) is 14.1. The van der Waals surface area contributed by atoms with Gasteiger partial charge in [0.1, 0.15) is 5.69 Å². The number of carbonyl (C=O) groups excluding carboxylic acids is 2. The lowest BCUT2D eigenvalue weighted by Crippen LogP contribution is -2.38. The maximum atomic E-state index is 13.0. The van der Waals surface area contributed by atoms with E-state index in [1.807, 2.05) is 26.8 Å². The van der Waals surface area contributed by atoms with Crippen LogP contribution in [0.2, 0.25) is 10.0 Å². The van der Waals surface area contributed by atoms with E-state index in [0.717, 1.165) is 18.5 Å². The highest BCUT2D eigenvalue weighted by atomic mass is 35.5. The van der Waals surface area contributed by atoms with Gasteiger partial charge in [0.05, 0.1) is 33.5 Å². The van der Waals surface area contributed by atoms with Gasteiger partial charge in [-0.15, -0.1) is 0 Å². The molecule has 0 saturated heterocycles. The summed E-state index contributed by atoms with van der Waals surface area (Å²) in [5, 5.41) is 8.01. The molecule has 150 valence electrons. The number of amides is 2. The summed E-state index contributed by atoms with van der Waals surface area (Å²) in [4.78, 5) is 26.8. The van der Waals surface area contributed by atoms with Crippen LogP contribution in [0, 0.1) is 0 Å². The maximum Gasteiger partial charge on any atom is 0.272 e. The Labute approximate surface area is 174 Å². The van der Waals surface area contributed by atoms with Gasteiger partial charge in [0, 0.05) is 13.0 Å². The van der Waals surface area contributed by atoms with Crippen molar-refractivity contribution in [1.29, 1.82) is 0 Å². The largest absolute Gasteiger partial charge is 0.331 e. The number of rotatable bonds is 5. The van der Waals surface area contributed by atoms with Crippen LogP contribution in [0.25, 0.3) is 0 Å². The molecule has 1 aliphatic carbocycles. The quantitative estimate of drug-likeness (QED) is 0.768. The van der Waals surface area contributed by atoms with Crippen molar-refractivity contribution in [2.45, 2.75) is 45.1 Å². The number of anilines is 1. The fourth-order valence-corrected chi connectivity index (χ4v) is 3.41. The molecule has 0 bridgehead atoms. The summed E-state index contributed by atoms with van der Waals surface area (Å²) < 4.78 is 1.75. The van der Waals surface area contributed by atoms with E-state index in [2.05, 4.69) is 10.4 Å². The van der Waals surface area contributed by atoms with Gasteiger partial charge < -0.3 is 10.2 Å². The number of aromatic nitrogens is 2. The van der Waals surface area contributed by atoms with Gasteiger partial charge in [-0.05, 0) is 51.8 Å². The van der Waals surface area contributed by atoms with Crippen LogP contribution in [-0.4, -0.2) is 40.1 Å². The Balaban J connectivity index is 1.75. The lowest BCUT2D eigenvalue weighted by Gasteiger charge is -2.24. The number of hydrogen-bond acceptors (Lipinski definition) is 3. The van der Waals surface area contributed by atoms with Gasteiger partial charge in [-0.3, -0.25) is 14.3 Å². The minimum absolute atomic E-state index is 0.130. The molecule has 28 heavy (non-hydrogen) atoms. The number of nitrogens with one attached hydrogen (secondary N) is 1. The fourth-order valence-electron chi connectivity index (χ4n) is 2.92. The van der Waals surface area contributed by atoms with Crippen molar-refractivity contribution >= 4 is 40.7 Å². The number of para-hydroxylation sites is 1. The summed E-state index contributed by atoms with van der Waals surface area (Å²) in [6, 6.07) is 6.82. The van der Waals surface area contributed by atoms with E-state index in [1.165, 1.54) is 4.90 Å². The van der Waals surface area contributed by atoms with Gasteiger partial charge in [0.15, 0.2) is 0 Å². The van der Waals surface area contributed by atoms with Gasteiger partial charge in [-0.2, -0.15) is 5.10 Å². The summed E-state index contributed by atoms with van der Waals surface area (Å²) >= 11 is 12.2. The molecular formula is C20H24Cl2N4O2. The zero-order chi connectivity index (χ0) is 20.6. The topological polar surface area (TPSA) is 67.2 Å². The molecule has 0 unspecified atom stereocenters. The van der Waals surface area contributed by atoms with Crippen LogP contribution in [0.3, 0.4) is 0 Å². The van der Waals surface area contributed by atoms with Gasteiger partial charge in [0.2, 0.25) is 5.91 Å². The molecular weight excluding hydrogens is 399 g/mol. The van der Waals surface area contributed by atoms with Crippen LogP contribution in [0.1, 0.15) is 55.7 Å². The zero-order valence-corrected chi connectivity index (χ0v) is 17.9. The second-order valence-electron chi connectivity index (χ2n) is 8.12. The van der Waals surface area contributed by atoms with Gasteiger partial charge in [-0.25, -0.2) is 0 Å². The first-order valence-electron chi connectivity index (χ1n) is 9.17. The molecule has 1 N–H and O–H groups in total. The molecule has 1 saturated carbocycles. The molecule has 0 radical (unpaired) electrons. The van der Waals surface area contributed by atoms with Crippen LogP contribution in [0.4, 0.5) is 5.69 Å². The van der Waals surface area contributed by atoms with E-state index in [9.17, 15) is 9.59 Å². The molecule has 2 amide bonds. The Kier molecular flexibility index (Phi) is 5.73. The molecule has 8 heteroatoms. The van der Waals surface area contributed by atoms with E-state index in [4.69, 9.17) is 23.2 Å². The molecule has 1 aromatic heterocycles. The first-order valence-corrected chi connectivity index (χ1v) is 9.93. The average molecular weight is 423 g/mol. The van der Waals surface area contributed by atoms with Gasteiger partial charge >= 0.3 is 0 Å². The summed E-state index contributed by atoms with van der Waals surface area (Å²) in [6.07, 6.45) is 2.21. The maximum absolute atomic E-state index is 13.0. The number of likely N-dealkylation sites (N-methyl/N-ethyl adjacent to an activating group) is 1. The Bertz CT molecular complexity index is 893. The lowest BCUT2D eigenvalue weighted by molar-refractivity contribution is -0.116. The van der Waals surface area contributed by atoms with Crippen LogP contribution < -0.4 is 5.32 Å². The van der Waals surface area contributed by atoms with Crippen LogP contribution in [-0.2, 0) is 10.3 Å². The molecule has 1 heterocycles. The first kappa shape index (κ1) is 20.7. The van der Waals surface area contributed by atoms with E-state index < -0.39 is 0 Å². The van der Waals surface area contributed by atoms with Crippen molar-refractivity contribution in [2.24, 2.45) is 0 Å². The van der Waals surface area contributed by atoms with E-state index >= 15 is 0 Å². The molecule has 1 fully saturated rings. The highest BCUT2D eigenvalue weighted by molar-refractivity contribution is 6.39. The third-order valence-electron chi connectivity index (χ3n) is 4.53. The minimum atomic E-state index is -0.380. The third-order valence-corrected chi connectivity index (χ3v) is 5.16. The summed E-state index contributed by atoms with van der Waals surface area (Å²) in [7, 11) is 1.59. The highest BCUT2D eigenvalue weighted by Gasteiger charge is 2.32. The summed E-state index contributed by atoms with van der Waals surface area (Å²) in [6.45, 7) is 5.87. The second-order valence-corrected chi connectivity index (χ2v) is 8.93. The highest BCUT2D eigenvalue weighted by Crippen LogP contribution is 2.40. The zero-order valence-electron chi connectivity index (χ0n) is 16.4. The fraction of sp³-hybridized carbons (Fsp3) is 0.450. The Hall–Kier alpha value is -2.05. The average Bonchev–Trinajstić information content (AvgIpc) is 3.34. The van der Waals surface area contributed by atoms with E-state index in [-0.39, 0.29) is 23.9 Å². The van der Waals surface area contributed by atoms with Crippen molar-refractivity contribution in [3.05, 3.63) is 45.7 Å². The van der Waals surface area contributed by atoms with Crippen molar-refractivity contribution in [1.82, 2.24) is 14.7 Å². The Morgan fingerprint density at radius 2 is 1.86 bits per heavy atom. The molecule has 2 aromatic rings. The van der Waals surface area contributed by atoms with Crippen LogP contribution in [0.5, 0.6) is 0 Å². The molecule has 0 atom stereocenters. The summed E-state index contributed by atoms with van der Waals surface area (Å²) in [5.74, 6) is -0.198. The Morgan fingerprint density at radius 1 is 1.25 bits per heavy atom. The van der Waals surface area contributed by atoms with Crippen LogP contribution in [0.15, 0.2) is 24.3 Å². The minimum Gasteiger partial charge on any atom is -0.331 e. The SMILES string of the molecule is CN(CC(=O)Nc1c(Cl)cccc1Cl)C(=O)c1cc(C2CC2)nn1C(C)(C)C. The molecule has 1 aliphatic rings. The number of halogens is 2. The molecule has 3 rings (SSSR count). The predicted octanol–water partition coefficient (Wildman–Crippen LogP) is 4.53. The number of nitrogens with zero attached hydrogens (tertiary/aromatic N) is 3. The van der Waals surface area contributed by atoms with Gasteiger partial charge in [-0.1, -0.05) is 29.3 Å². The predicted molar refractivity (Wildman–Crippen MR) is 111 cm³/mol. The second kappa shape index (κ2) is 7.76. The van der Waals surface area contributed by atoms with Crippen molar-refractivity contribution in [2.75, 3.05) is 18.9 Å². The molecule has 1 aromatic carbocycles. The first-order chi connectivity index (χ1) is 13.1. The third kappa shape index (κ3) is 4.50. The lowest BCUT2D eigenvalue weighted by atomic mass is 10.1. The number of carbonyl (C=O) groups is 2. The number of hydrogen-bond donors (Lipinski definition) is 1. The molecule has 0 spiro atoms. The smallest absolute Gasteiger partial charge is 0.272 e. The standard InChI is InChI=1S/C20H24Cl2N4O2/c1-20(2,3)26-16(10-15(24-26)12-8-9-12)19(28)25(4)11-17(27)23-18-13(21)6-5-7-14(18)22/h5-7,10,12H,8-9,11H2,1-4H3,(H,23,27). The van der Waals surface area contributed by atoms with Gasteiger partial charge in [0.25, 0.3) is 5.91 Å². The van der Waals surface area contributed by atoms with Crippen molar-refractivity contribution < 1.29 is 9.59 Å².